The van der Waals surface area contributed by atoms with Gasteiger partial charge in [-0.2, -0.15) is 0 Å². The Hall–Kier alpha value is -1.29. The average molecular weight is 243 g/mol. The molecule has 1 aliphatic heterocycles. The maximum Gasteiger partial charge on any atom is 0.247 e. The molecule has 2 N–H and O–H groups in total. The molecule has 0 saturated carbocycles. The molecule has 1 heterocycles. The highest BCUT2D eigenvalue weighted by atomic mass is 35.5. The van der Waals surface area contributed by atoms with Crippen molar-refractivity contribution in [3.8, 4) is 0 Å². The lowest BCUT2D eigenvalue weighted by molar-refractivity contribution is -0.117. The van der Waals surface area contributed by atoms with Crippen LogP contribution < -0.4 is 10.6 Å². The molecule has 86 valence electrons. The Balaban J connectivity index is 2.39. The van der Waals surface area contributed by atoms with Crippen LogP contribution >= 0.6 is 11.6 Å². The van der Waals surface area contributed by atoms with Crippen LogP contribution in [0.5, 0.6) is 0 Å². The van der Waals surface area contributed by atoms with Gasteiger partial charge < -0.3 is 10.6 Å². The monoisotopic (exact) mass is 242 g/mol. The van der Waals surface area contributed by atoms with E-state index < -0.39 is 5.82 Å². The van der Waals surface area contributed by atoms with Crippen LogP contribution in [0, 0.1) is 11.7 Å². The fourth-order valence-electron chi connectivity index (χ4n) is 1.68. The summed E-state index contributed by atoms with van der Waals surface area (Å²) in [4.78, 5) is 11.7. The predicted octanol–water partition coefficient (Wildman–Crippen LogP) is 2.87. The second-order valence-electron chi connectivity index (χ2n) is 4.17. The third-order valence-corrected chi connectivity index (χ3v) is 2.87. The second-order valence-corrected chi connectivity index (χ2v) is 4.57. The van der Waals surface area contributed by atoms with Crippen LogP contribution in [0.25, 0.3) is 0 Å². The van der Waals surface area contributed by atoms with Crippen molar-refractivity contribution in [3.63, 3.8) is 0 Å². The van der Waals surface area contributed by atoms with Crippen molar-refractivity contribution in [1.82, 2.24) is 0 Å². The van der Waals surface area contributed by atoms with Crippen molar-refractivity contribution in [2.45, 2.75) is 19.9 Å². The Kier molecular flexibility index (Phi) is 2.76. The number of nitrogens with one attached hydrogen (secondary N) is 2. The molecule has 16 heavy (non-hydrogen) atoms. The molecule has 0 aliphatic carbocycles. The first-order valence-corrected chi connectivity index (χ1v) is 5.43. The van der Waals surface area contributed by atoms with Gasteiger partial charge in [0.15, 0.2) is 0 Å². The van der Waals surface area contributed by atoms with E-state index in [1.165, 1.54) is 12.1 Å². The summed E-state index contributed by atoms with van der Waals surface area (Å²) in [5, 5.41) is 5.71. The van der Waals surface area contributed by atoms with E-state index in [1.807, 2.05) is 13.8 Å². The number of hydrogen-bond donors (Lipinski definition) is 2. The minimum Gasteiger partial charge on any atom is -0.372 e. The maximum atomic E-state index is 13.2. The van der Waals surface area contributed by atoms with E-state index in [4.69, 9.17) is 11.6 Å². The van der Waals surface area contributed by atoms with E-state index in [0.717, 1.165) is 0 Å². The number of rotatable bonds is 1. The molecule has 0 spiro atoms. The fourth-order valence-corrected chi connectivity index (χ4v) is 1.85. The van der Waals surface area contributed by atoms with Crippen molar-refractivity contribution in [1.29, 1.82) is 0 Å². The molecule has 0 aromatic heterocycles. The lowest BCUT2D eigenvalue weighted by Gasteiger charge is -2.29. The van der Waals surface area contributed by atoms with Crippen molar-refractivity contribution in [2.75, 3.05) is 10.6 Å². The molecule has 1 aromatic carbocycles. The van der Waals surface area contributed by atoms with E-state index in [1.54, 1.807) is 0 Å². The molecule has 0 bridgehead atoms. The fraction of sp³-hybridized carbons (Fsp3) is 0.364. The highest BCUT2D eigenvalue weighted by Gasteiger charge is 2.28. The van der Waals surface area contributed by atoms with Gasteiger partial charge in [0.2, 0.25) is 5.91 Å². The van der Waals surface area contributed by atoms with Crippen LogP contribution in [0.2, 0.25) is 5.02 Å². The minimum absolute atomic E-state index is 0.00356. The standard InChI is InChI=1S/C11H12ClFN2O/c1-5(2)10-11(16)15-8-3-6(12)7(13)4-9(8)14-10/h3-5,10,14H,1-2H3,(H,15,16). The molecular formula is C11H12ClFN2O. The number of halogens is 2. The van der Waals surface area contributed by atoms with Gasteiger partial charge in [-0.1, -0.05) is 25.4 Å². The van der Waals surface area contributed by atoms with Gasteiger partial charge >= 0.3 is 0 Å². The number of anilines is 2. The van der Waals surface area contributed by atoms with Gasteiger partial charge in [0.25, 0.3) is 0 Å². The Morgan fingerprint density at radius 2 is 2.06 bits per heavy atom. The number of amides is 1. The Morgan fingerprint density at radius 1 is 1.38 bits per heavy atom. The van der Waals surface area contributed by atoms with E-state index in [2.05, 4.69) is 10.6 Å². The summed E-state index contributed by atoms with van der Waals surface area (Å²) in [5.41, 5.74) is 1.09. The summed E-state index contributed by atoms with van der Waals surface area (Å²) in [6.45, 7) is 3.85. The van der Waals surface area contributed by atoms with Gasteiger partial charge in [0.05, 0.1) is 16.4 Å². The molecular weight excluding hydrogens is 231 g/mol. The van der Waals surface area contributed by atoms with Crippen molar-refractivity contribution < 1.29 is 9.18 Å². The molecule has 1 atom stereocenters. The van der Waals surface area contributed by atoms with Crippen LogP contribution in [-0.4, -0.2) is 11.9 Å². The number of carbonyl (C=O) groups excluding carboxylic acids is 1. The molecule has 1 unspecified atom stereocenters. The first-order valence-electron chi connectivity index (χ1n) is 5.05. The SMILES string of the molecule is CC(C)C1Nc2cc(F)c(Cl)cc2NC1=O. The number of hydrogen-bond acceptors (Lipinski definition) is 2. The van der Waals surface area contributed by atoms with E-state index in [0.29, 0.717) is 11.4 Å². The topological polar surface area (TPSA) is 41.1 Å². The van der Waals surface area contributed by atoms with Crippen LogP contribution in [0.3, 0.4) is 0 Å². The van der Waals surface area contributed by atoms with E-state index >= 15 is 0 Å². The second kappa shape index (κ2) is 3.94. The van der Waals surface area contributed by atoms with E-state index in [9.17, 15) is 9.18 Å². The van der Waals surface area contributed by atoms with Crippen LogP contribution in [0.1, 0.15) is 13.8 Å². The third-order valence-electron chi connectivity index (χ3n) is 2.58. The van der Waals surface area contributed by atoms with Gasteiger partial charge in [-0.25, -0.2) is 4.39 Å². The number of benzene rings is 1. The molecule has 0 fully saturated rings. The van der Waals surface area contributed by atoms with Crippen LogP contribution in [0.15, 0.2) is 12.1 Å². The van der Waals surface area contributed by atoms with Gasteiger partial charge in [-0.05, 0) is 12.0 Å². The Morgan fingerprint density at radius 3 is 2.69 bits per heavy atom. The molecule has 1 amide bonds. The highest BCUT2D eigenvalue weighted by molar-refractivity contribution is 6.31. The molecule has 0 saturated heterocycles. The first kappa shape index (κ1) is 11.2. The summed E-state index contributed by atoms with van der Waals surface area (Å²) in [5.74, 6) is -0.483. The average Bonchev–Trinajstić information content (AvgIpc) is 2.19. The zero-order chi connectivity index (χ0) is 11.9. The van der Waals surface area contributed by atoms with Crippen molar-refractivity contribution in [3.05, 3.63) is 23.0 Å². The highest BCUT2D eigenvalue weighted by Crippen LogP contribution is 2.32. The number of carbonyl (C=O) groups is 1. The van der Waals surface area contributed by atoms with Crippen LogP contribution in [0.4, 0.5) is 15.8 Å². The summed E-state index contributed by atoms with van der Waals surface area (Å²) in [6, 6.07) is 2.37. The van der Waals surface area contributed by atoms with Gasteiger partial charge in [-0.15, -0.1) is 0 Å². The lowest BCUT2D eigenvalue weighted by atomic mass is 10.0. The summed E-state index contributed by atoms with van der Waals surface area (Å²) in [7, 11) is 0. The number of fused-ring (bicyclic) bond motifs is 1. The normalized spacial score (nSPS) is 19.1. The third kappa shape index (κ3) is 1.85. The minimum atomic E-state index is -0.494. The zero-order valence-corrected chi connectivity index (χ0v) is 9.73. The Bertz CT molecular complexity index is 448. The van der Waals surface area contributed by atoms with Gasteiger partial charge in [0.1, 0.15) is 11.9 Å². The smallest absolute Gasteiger partial charge is 0.247 e. The first-order chi connectivity index (χ1) is 7.49. The maximum absolute atomic E-state index is 13.2. The van der Waals surface area contributed by atoms with Gasteiger partial charge in [0, 0.05) is 6.07 Å². The molecule has 1 aliphatic rings. The molecule has 3 nitrogen and oxygen atoms in total. The Labute approximate surface area is 98.0 Å². The summed E-state index contributed by atoms with van der Waals surface area (Å²) < 4.78 is 13.2. The van der Waals surface area contributed by atoms with E-state index in [-0.39, 0.29) is 22.9 Å². The lowest BCUT2D eigenvalue weighted by Crippen LogP contribution is -2.42. The molecule has 5 heteroatoms. The summed E-state index contributed by atoms with van der Waals surface area (Å²) >= 11 is 5.64. The van der Waals surface area contributed by atoms with Crippen molar-refractivity contribution in [2.24, 2.45) is 5.92 Å². The van der Waals surface area contributed by atoms with Crippen LogP contribution in [-0.2, 0) is 4.79 Å². The predicted molar refractivity (Wildman–Crippen MR) is 62.3 cm³/mol. The molecule has 0 radical (unpaired) electrons. The zero-order valence-electron chi connectivity index (χ0n) is 8.97. The largest absolute Gasteiger partial charge is 0.372 e. The summed E-state index contributed by atoms with van der Waals surface area (Å²) in [6.07, 6.45) is 0. The van der Waals surface area contributed by atoms with Crippen molar-refractivity contribution >= 4 is 28.9 Å². The molecule has 2 rings (SSSR count). The van der Waals surface area contributed by atoms with Gasteiger partial charge in [-0.3, -0.25) is 4.79 Å². The molecule has 1 aromatic rings. The quantitative estimate of drug-likeness (QED) is 0.795.